The van der Waals surface area contributed by atoms with Crippen molar-refractivity contribution in [2.24, 2.45) is 11.3 Å². The van der Waals surface area contributed by atoms with Gasteiger partial charge in [-0.15, -0.1) is 0 Å². The van der Waals surface area contributed by atoms with Crippen molar-refractivity contribution in [2.45, 2.75) is 19.6 Å². The number of aliphatic hydroxyl groups is 1. The molecular formula is C11H14N2O4. The maximum absolute atomic E-state index is 11.7. The summed E-state index contributed by atoms with van der Waals surface area (Å²) in [5.41, 5.74) is -0.496. The standard InChI is InChI=1S/C11H14N2O4/c1-6-3-13(10(16)12-8(6)15)9-7-2-11(7,4-14)5-17-9/h3,7,9,14H,2,4-5H2,1H3,(H,12,15,16)/t7-,9+,11-/m1/s1. The summed E-state index contributed by atoms with van der Waals surface area (Å²) in [7, 11) is 0. The first kappa shape index (κ1) is 10.7. The minimum Gasteiger partial charge on any atom is -0.396 e. The summed E-state index contributed by atoms with van der Waals surface area (Å²) in [5, 5.41) is 9.27. The zero-order valence-electron chi connectivity index (χ0n) is 9.47. The molecule has 3 atom stereocenters. The van der Waals surface area contributed by atoms with Crippen LogP contribution in [0.3, 0.4) is 0 Å². The van der Waals surface area contributed by atoms with Gasteiger partial charge in [0.25, 0.3) is 5.56 Å². The predicted molar refractivity (Wildman–Crippen MR) is 58.7 cm³/mol. The molecule has 1 aliphatic heterocycles. The van der Waals surface area contributed by atoms with Gasteiger partial charge < -0.3 is 9.84 Å². The molecule has 1 saturated heterocycles. The Labute approximate surface area is 96.9 Å². The topological polar surface area (TPSA) is 84.3 Å². The van der Waals surface area contributed by atoms with Gasteiger partial charge in [0, 0.05) is 23.1 Å². The number of ether oxygens (including phenoxy) is 1. The van der Waals surface area contributed by atoms with Crippen LogP contribution in [0.15, 0.2) is 15.8 Å². The highest BCUT2D eigenvalue weighted by Gasteiger charge is 2.63. The van der Waals surface area contributed by atoms with Gasteiger partial charge in [-0.2, -0.15) is 0 Å². The normalized spacial score (nSPS) is 34.7. The number of aromatic amines is 1. The third-order valence-corrected chi connectivity index (χ3v) is 3.87. The first-order valence-corrected chi connectivity index (χ1v) is 5.62. The van der Waals surface area contributed by atoms with E-state index in [9.17, 15) is 14.7 Å². The lowest BCUT2D eigenvalue weighted by molar-refractivity contribution is 0.0136. The molecule has 1 aromatic rings. The number of aliphatic hydroxyl groups excluding tert-OH is 1. The van der Waals surface area contributed by atoms with E-state index >= 15 is 0 Å². The van der Waals surface area contributed by atoms with E-state index in [-0.39, 0.29) is 29.7 Å². The zero-order chi connectivity index (χ0) is 12.2. The van der Waals surface area contributed by atoms with Crippen molar-refractivity contribution >= 4 is 0 Å². The zero-order valence-corrected chi connectivity index (χ0v) is 9.47. The number of aromatic nitrogens is 2. The number of nitrogens with one attached hydrogen (secondary N) is 1. The quantitative estimate of drug-likeness (QED) is 0.718. The molecule has 3 rings (SSSR count). The number of aryl methyl sites for hydroxylation is 1. The largest absolute Gasteiger partial charge is 0.396 e. The lowest BCUT2D eigenvalue weighted by Gasteiger charge is -2.15. The van der Waals surface area contributed by atoms with Crippen molar-refractivity contribution in [1.82, 2.24) is 9.55 Å². The number of nitrogens with zero attached hydrogens (tertiary/aromatic N) is 1. The first-order chi connectivity index (χ1) is 8.07. The van der Waals surface area contributed by atoms with Crippen molar-refractivity contribution in [3.05, 3.63) is 32.6 Å². The van der Waals surface area contributed by atoms with E-state index in [0.29, 0.717) is 12.2 Å². The highest BCUT2D eigenvalue weighted by atomic mass is 16.5. The van der Waals surface area contributed by atoms with Crippen LogP contribution in [-0.4, -0.2) is 27.9 Å². The molecule has 2 fully saturated rings. The molecule has 1 saturated carbocycles. The van der Waals surface area contributed by atoms with Gasteiger partial charge in [0.15, 0.2) is 0 Å². The van der Waals surface area contributed by atoms with Gasteiger partial charge in [0.1, 0.15) is 6.23 Å². The third kappa shape index (κ3) is 1.41. The van der Waals surface area contributed by atoms with Crippen molar-refractivity contribution in [2.75, 3.05) is 13.2 Å². The summed E-state index contributed by atoms with van der Waals surface area (Å²) in [6, 6.07) is 0. The predicted octanol–water partition coefficient (Wildman–Crippen LogP) is -0.628. The van der Waals surface area contributed by atoms with Crippen molar-refractivity contribution < 1.29 is 9.84 Å². The van der Waals surface area contributed by atoms with Crippen LogP contribution < -0.4 is 11.2 Å². The molecule has 0 spiro atoms. The van der Waals surface area contributed by atoms with Gasteiger partial charge in [-0.05, 0) is 13.3 Å². The molecule has 6 heteroatoms. The smallest absolute Gasteiger partial charge is 0.330 e. The molecule has 2 N–H and O–H groups in total. The minimum atomic E-state index is -0.453. The number of hydrogen-bond donors (Lipinski definition) is 2. The molecule has 1 aliphatic carbocycles. The Kier molecular flexibility index (Phi) is 2.08. The Morgan fingerprint density at radius 2 is 2.41 bits per heavy atom. The van der Waals surface area contributed by atoms with E-state index in [4.69, 9.17) is 4.74 Å². The molecule has 6 nitrogen and oxygen atoms in total. The van der Waals surface area contributed by atoms with Crippen molar-refractivity contribution in [1.29, 1.82) is 0 Å². The average Bonchev–Trinajstić information content (AvgIpc) is 2.92. The lowest BCUT2D eigenvalue weighted by Crippen LogP contribution is -2.34. The van der Waals surface area contributed by atoms with Gasteiger partial charge in [0.2, 0.25) is 0 Å². The Balaban J connectivity index is 2.00. The van der Waals surface area contributed by atoms with Crippen LogP contribution in [0.4, 0.5) is 0 Å². The van der Waals surface area contributed by atoms with E-state index in [1.165, 1.54) is 10.8 Å². The van der Waals surface area contributed by atoms with E-state index < -0.39 is 5.69 Å². The van der Waals surface area contributed by atoms with E-state index in [1.54, 1.807) is 6.92 Å². The van der Waals surface area contributed by atoms with Crippen LogP contribution in [0, 0.1) is 18.3 Å². The van der Waals surface area contributed by atoms with Gasteiger partial charge in [-0.25, -0.2) is 4.79 Å². The second-order valence-corrected chi connectivity index (χ2v) is 5.01. The maximum atomic E-state index is 11.7. The fraction of sp³-hybridized carbons (Fsp3) is 0.636. The summed E-state index contributed by atoms with van der Waals surface area (Å²) in [6.45, 7) is 2.21. The molecular weight excluding hydrogens is 224 g/mol. The highest BCUT2D eigenvalue weighted by Crippen LogP contribution is 2.62. The average molecular weight is 238 g/mol. The molecule has 2 aliphatic rings. The minimum absolute atomic E-state index is 0.0885. The van der Waals surface area contributed by atoms with E-state index in [2.05, 4.69) is 4.98 Å². The molecule has 0 unspecified atom stereocenters. The Morgan fingerprint density at radius 1 is 1.65 bits per heavy atom. The summed E-state index contributed by atoms with van der Waals surface area (Å²) < 4.78 is 6.97. The monoisotopic (exact) mass is 238 g/mol. The molecule has 0 amide bonds. The van der Waals surface area contributed by atoms with Crippen LogP contribution in [0.2, 0.25) is 0 Å². The summed E-state index contributed by atoms with van der Waals surface area (Å²) in [4.78, 5) is 25.2. The summed E-state index contributed by atoms with van der Waals surface area (Å²) in [5.74, 6) is 0.176. The van der Waals surface area contributed by atoms with Crippen LogP contribution in [-0.2, 0) is 4.74 Å². The second kappa shape index (κ2) is 3.30. The number of rotatable bonds is 2. The van der Waals surface area contributed by atoms with Crippen LogP contribution in [0.25, 0.3) is 0 Å². The molecule has 0 aromatic carbocycles. The lowest BCUT2D eigenvalue weighted by atomic mass is 10.1. The van der Waals surface area contributed by atoms with Gasteiger partial charge in [-0.1, -0.05) is 0 Å². The fourth-order valence-corrected chi connectivity index (χ4v) is 2.59. The second-order valence-electron chi connectivity index (χ2n) is 5.01. The highest BCUT2D eigenvalue weighted by molar-refractivity contribution is 5.10. The van der Waals surface area contributed by atoms with Crippen LogP contribution in [0.5, 0.6) is 0 Å². The molecule has 1 aromatic heterocycles. The number of H-pyrrole nitrogens is 1. The van der Waals surface area contributed by atoms with Crippen molar-refractivity contribution in [3.63, 3.8) is 0 Å². The Morgan fingerprint density at radius 3 is 3.00 bits per heavy atom. The third-order valence-electron chi connectivity index (χ3n) is 3.87. The van der Waals surface area contributed by atoms with E-state index in [0.717, 1.165) is 6.42 Å². The fourth-order valence-electron chi connectivity index (χ4n) is 2.59. The van der Waals surface area contributed by atoms with Gasteiger partial charge >= 0.3 is 5.69 Å². The molecule has 92 valence electrons. The maximum Gasteiger partial charge on any atom is 0.330 e. The molecule has 0 radical (unpaired) electrons. The summed E-state index contributed by atoms with van der Waals surface area (Å²) in [6.07, 6.45) is 2.04. The summed E-state index contributed by atoms with van der Waals surface area (Å²) >= 11 is 0. The molecule has 0 bridgehead atoms. The van der Waals surface area contributed by atoms with E-state index in [1.807, 2.05) is 0 Å². The number of hydrogen-bond acceptors (Lipinski definition) is 4. The Hall–Kier alpha value is -1.40. The molecule has 2 heterocycles. The van der Waals surface area contributed by atoms with Crippen LogP contribution >= 0.6 is 0 Å². The first-order valence-electron chi connectivity index (χ1n) is 5.62. The molecule has 17 heavy (non-hydrogen) atoms. The Bertz CT molecular complexity index is 576. The van der Waals surface area contributed by atoms with Crippen molar-refractivity contribution in [3.8, 4) is 0 Å². The van der Waals surface area contributed by atoms with Gasteiger partial charge in [0.05, 0.1) is 13.2 Å². The van der Waals surface area contributed by atoms with Gasteiger partial charge in [-0.3, -0.25) is 14.3 Å². The SMILES string of the molecule is Cc1cn([C@H]2OC[C@]3(CO)C[C@H]23)c(=O)[nH]c1=O. The van der Waals surface area contributed by atoms with Crippen LogP contribution in [0.1, 0.15) is 18.2 Å². The number of fused-ring (bicyclic) bond motifs is 1.